The van der Waals surface area contributed by atoms with Crippen LogP contribution in [0.25, 0.3) is 10.2 Å². The van der Waals surface area contributed by atoms with Crippen LogP contribution in [0.5, 0.6) is 17.2 Å². The predicted octanol–water partition coefficient (Wildman–Crippen LogP) is 5.52. The van der Waals surface area contributed by atoms with Gasteiger partial charge in [-0.3, -0.25) is 10.1 Å². The molecule has 4 rings (SSSR count). The minimum Gasteiger partial charge on any atom is -0.493 e. The number of nitrogens with one attached hydrogen (secondary N) is 1. The zero-order chi connectivity index (χ0) is 28.0. The highest BCUT2D eigenvalue weighted by atomic mass is 32.2. The molecule has 0 saturated heterocycles. The Kier molecular flexibility index (Phi) is 8.69. The number of anilines is 1. The van der Waals surface area contributed by atoms with Crippen molar-refractivity contribution in [2.24, 2.45) is 0 Å². The van der Waals surface area contributed by atoms with Crippen LogP contribution in [0, 0.1) is 11.3 Å². The summed E-state index contributed by atoms with van der Waals surface area (Å²) in [6.07, 6.45) is -0.121. The lowest BCUT2D eigenvalue weighted by molar-refractivity contribution is -0.123. The van der Waals surface area contributed by atoms with Crippen LogP contribution in [-0.2, 0) is 14.6 Å². The topological polar surface area (TPSA) is 128 Å². The highest BCUT2D eigenvalue weighted by Gasteiger charge is 2.30. The molecule has 0 aliphatic heterocycles. The molecule has 39 heavy (non-hydrogen) atoms. The number of sulfone groups is 1. The van der Waals surface area contributed by atoms with Gasteiger partial charge in [0, 0.05) is 17.7 Å². The molecule has 1 atom stereocenters. The SMILES string of the molecule is CCCCS(=O)(=O)c1ccccc1C(Oc1ccc(C#N)cc1)C(=O)Nc1nc2cc(OC)c(OC)cc2s1. The molecular formula is C28H27N3O6S2. The maximum absolute atomic E-state index is 13.7. The van der Waals surface area contributed by atoms with Crippen molar-refractivity contribution >= 4 is 42.4 Å². The second-order valence-electron chi connectivity index (χ2n) is 8.53. The molecule has 3 aromatic carbocycles. The summed E-state index contributed by atoms with van der Waals surface area (Å²) in [5.74, 6) is 0.679. The van der Waals surface area contributed by atoms with E-state index in [1.165, 1.54) is 31.6 Å². The van der Waals surface area contributed by atoms with Gasteiger partial charge in [-0.05, 0) is 36.8 Å². The molecule has 0 aliphatic rings. The molecule has 11 heteroatoms. The van der Waals surface area contributed by atoms with Crippen molar-refractivity contribution in [3.05, 3.63) is 71.8 Å². The molecule has 4 aromatic rings. The Labute approximate surface area is 230 Å². The van der Waals surface area contributed by atoms with Gasteiger partial charge in [-0.15, -0.1) is 0 Å². The minimum atomic E-state index is -3.69. The molecule has 0 spiro atoms. The highest BCUT2D eigenvalue weighted by Crippen LogP contribution is 2.37. The number of fused-ring (bicyclic) bond motifs is 1. The molecule has 202 valence electrons. The van der Waals surface area contributed by atoms with Gasteiger partial charge in [0.05, 0.1) is 46.7 Å². The summed E-state index contributed by atoms with van der Waals surface area (Å²) in [6, 6.07) is 18.1. The standard InChI is InChI=1S/C28H27N3O6S2/c1-4-5-14-39(33,34)25-9-7-6-8-20(25)26(37-19-12-10-18(17-29)11-13-19)27(32)31-28-30-21-15-22(35-2)23(36-3)16-24(21)38-28/h6-13,15-16,26H,4-5,14H2,1-3H3,(H,30,31,32). The third-order valence-electron chi connectivity index (χ3n) is 5.90. The Balaban J connectivity index is 1.73. The number of hydrogen-bond donors (Lipinski definition) is 1. The lowest BCUT2D eigenvalue weighted by atomic mass is 10.1. The zero-order valence-electron chi connectivity index (χ0n) is 21.6. The molecule has 1 unspecified atom stereocenters. The number of methoxy groups -OCH3 is 2. The maximum Gasteiger partial charge on any atom is 0.272 e. The van der Waals surface area contributed by atoms with Crippen molar-refractivity contribution in [2.45, 2.75) is 30.8 Å². The van der Waals surface area contributed by atoms with Crippen molar-refractivity contribution in [2.75, 3.05) is 25.3 Å². The number of carbonyl (C=O) groups excluding carboxylic acids is 1. The van der Waals surface area contributed by atoms with E-state index in [-0.39, 0.29) is 16.2 Å². The second-order valence-corrected chi connectivity index (χ2v) is 11.6. The number of carbonyl (C=O) groups is 1. The largest absolute Gasteiger partial charge is 0.493 e. The van der Waals surface area contributed by atoms with Crippen molar-refractivity contribution in [3.8, 4) is 23.3 Å². The molecule has 0 fully saturated rings. The number of thiazole rings is 1. The van der Waals surface area contributed by atoms with Gasteiger partial charge in [-0.25, -0.2) is 13.4 Å². The fraction of sp³-hybridized carbons (Fsp3) is 0.250. The van der Waals surface area contributed by atoms with Crippen LogP contribution in [0.15, 0.2) is 65.6 Å². The third-order valence-corrected chi connectivity index (χ3v) is 8.70. The quantitative estimate of drug-likeness (QED) is 0.252. The number of rotatable bonds is 11. The number of unbranched alkanes of at least 4 members (excludes halogenated alkanes) is 1. The lowest BCUT2D eigenvalue weighted by Gasteiger charge is -2.21. The van der Waals surface area contributed by atoms with E-state index >= 15 is 0 Å². The van der Waals surface area contributed by atoms with E-state index in [0.29, 0.717) is 46.3 Å². The molecule has 1 amide bonds. The van der Waals surface area contributed by atoms with E-state index < -0.39 is 21.8 Å². The van der Waals surface area contributed by atoms with Gasteiger partial charge in [0.25, 0.3) is 5.91 Å². The monoisotopic (exact) mass is 565 g/mol. The molecule has 1 N–H and O–H groups in total. The number of hydrogen-bond acceptors (Lipinski definition) is 9. The van der Waals surface area contributed by atoms with Gasteiger partial charge in [0.1, 0.15) is 5.75 Å². The summed E-state index contributed by atoms with van der Waals surface area (Å²) >= 11 is 1.23. The molecule has 0 radical (unpaired) electrons. The maximum atomic E-state index is 13.7. The fourth-order valence-corrected chi connectivity index (χ4v) is 6.49. The molecule has 0 bridgehead atoms. The Morgan fingerprint density at radius 1 is 1.08 bits per heavy atom. The first-order chi connectivity index (χ1) is 18.8. The van der Waals surface area contributed by atoms with Gasteiger partial charge in [-0.2, -0.15) is 5.26 Å². The summed E-state index contributed by atoms with van der Waals surface area (Å²) in [5, 5.41) is 12.2. The van der Waals surface area contributed by atoms with Gasteiger partial charge in [-0.1, -0.05) is 42.9 Å². The van der Waals surface area contributed by atoms with E-state index in [1.807, 2.05) is 13.0 Å². The molecular weight excluding hydrogens is 538 g/mol. The van der Waals surface area contributed by atoms with Crippen molar-refractivity contribution in [1.82, 2.24) is 4.98 Å². The van der Waals surface area contributed by atoms with E-state index in [0.717, 1.165) is 4.70 Å². The van der Waals surface area contributed by atoms with E-state index in [9.17, 15) is 13.2 Å². The van der Waals surface area contributed by atoms with Crippen LogP contribution < -0.4 is 19.5 Å². The smallest absolute Gasteiger partial charge is 0.272 e. The lowest BCUT2D eigenvalue weighted by Crippen LogP contribution is -2.27. The first-order valence-corrected chi connectivity index (χ1v) is 14.6. The molecule has 0 aliphatic carbocycles. The van der Waals surface area contributed by atoms with Crippen LogP contribution in [0.1, 0.15) is 37.0 Å². The number of ether oxygens (including phenoxy) is 3. The van der Waals surface area contributed by atoms with Crippen molar-refractivity contribution in [3.63, 3.8) is 0 Å². The van der Waals surface area contributed by atoms with E-state index in [1.54, 1.807) is 54.6 Å². The predicted molar refractivity (Wildman–Crippen MR) is 149 cm³/mol. The van der Waals surface area contributed by atoms with Gasteiger partial charge >= 0.3 is 0 Å². The third kappa shape index (κ3) is 6.30. The summed E-state index contributed by atoms with van der Waals surface area (Å²) in [7, 11) is -0.631. The Bertz CT molecular complexity index is 1580. The van der Waals surface area contributed by atoms with Gasteiger partial charge < -0.3 is 14.2 Å². The number of amides is 1. The molecule has 0 saturated carbocycles. The van der Waals surface area contributed by atoms with Crippen molar-refractivity contribution < 1.29 is 27.4 Å². The van der Waals surface area contributed by atoms with Gasteiger partial charge in [0.15, 0.2) is 26.5 Å². The minimum absolute atomic E-state index is 0.0333. The molecule has 1 heterocycles. The van der Waals surface area contributed by atoms with Crippen LogP contribution in [0.3, 0.4) is 0 Å². The van der Waals surface area contributed by atoms with Crippen molar-refractivity contribution in [1.29, 1.82) is 5.26 Å². The summed E-state index contributed by atoms with van der Waals surface area (Å²) in [4.78, 5) is 18.2. The van der Waals surface area contributed by atoms with Gasteiger partial charge in [0.2, 0.25) is 6.10 Å². The summed E-state index contributed by atoms with van der Waals surface area (Å²) < 4.78 is 44.0. The van der Waals surface area contributed by atoms with Crippen LogP contribution in [-0.4, -0.2) is 39.3 Å². The average Bonchev–Trinajstić information content (AvgIpc) is 3.35. The Morgan fingerprint density at radius 3 is 2.44 bits per heavy atom. The summed E-state index contributed by atoms with van der Waals surface area (Å²) in [6.45, 7) is 1.91. The Hall–Kier alpha value is -4.14. The fourth-order valence-electron chi connectivity index (χ4n) is 3.91. The molecule has 9 nitrogen and oxygen atoms in total. The number of benzene rings is 3. The highest BCUT2D eigenvalue weighted by molar-refractivity contribution is 7.91. The Morgan fingerprint density at radius 2 is 1.77 bits per heavy atom. The van der Waals surface area contributed by atoms with E-state index in [4.69, 9.17) is 19.5 Å². The molecule has 1 aromatic heterocycles. The normalized spacial score (nSPS) is 11.9. The first kappa shape index (κ1) is 27.9. The second kappa shape index (κ2) is 12.1. The van der Waals surface area contributed by atoms with Crippen LogP contribution in [0.2, 0.25) is 0 Å². The first-order valence-electron chi connectivity index (χ1n) is 12.1. The average molecular weight is 566 g/mol. The number of nitrogens with zero attached hydrogens (tertiary/aromatic N) is 2. The number of nitriles is 1. The van der Waals surface area contributed by atoms with E-state index in [2.05, 4.69) is 10.3 Å². The zero-order valence-corrected chi connectivity index (χ0v) is 23.3. The summed E-state index contributed by atoms with van der Waals surface area (Å²) in [5.41, 5.74) is 1.23. The van der Waals surface area contributed by atoms with Crippen LogP contribution >= 0.6 is 11.3 Å². The van der Waals surface area contributed by atoms with Crippen LogP contribution in [0.4, 0.5) is 5.13 Å². The number of aromatic nitrogens is 1.